The maximum absolute atomic E-state index is 14.9. The van der Waals surface area contributed by atoms with E-state index in [-0.39, 0.29) is 54.6 Å². The molecule has 0 unspecified atom stereocenters. The molecule has 9 heteroatoms. The molecule has 0 bridgehead atoms. The Bertz CT molecular complexity index is 1510. The molecule has 182 valence electrons. The number of halogens is 1. The molecule has 2 aromatic heterocycles. The highest BCUT2D eigenvalue weighted by molar-refractivity contribution is 5.93. The zero-order valence-corrected chi connectivity index (χ0v) is 19.5. The minimum atomic E-state index is -1.92. The van der Waals surface area contributed by atoms with Crippen molar-refractivity contribution in [1.29, 1.82) is 0 Å². The van der Waals surface area contributed by atoms with Crippen molar-refractivity contribution >= 4 is 16.9 Å². The van der Waals surface area contributed by atoms with Crippen LogP contribution in [0.3, 0.4) is 0 Å². The van der Waals surface area contributed by atoms with Gasteiger partial charge in [-0.2, -0.15) is 0 Å². The van der Waals surface area contributed by atoms with Crippen LogP contribution in [0.25, 0.3) is 22.3 Å². The molecule has 1 aliphatic carbocycles. The molecule has 35 heavy (non-hydrogen) atoms. The van der Waals surface area contributed by atoms with Crippen LogP contribution < -0.4 is 11.3 Å². The monoisotopic (exact) mass is 479 g/mol. The SMILES string of the molecule is CC[C@@]1(O)C(=O)OCc2c1cc1n(c2=O)Cc2c-1nc1cc(F)c(C)c3c1c2[C@H]([C@H](N)CO)CC3. The third kappa shape index (κ3) is 2.80. The predicted octanol–water partition coefficient (Wildman–Crippen LogP) is 1.88. The summed E-state index contributed by atoms with van der Waals surface area (Å²) in [5.41, 5.74) is 9.15. The molecule has 0 spiro atoms. The van der Waals surface area contributed by atoms with E-state index in [4.69, 9.17) is 15.5 Å². The second-order valence-electron chi connectivity index (χ2n) is 9.80. The van der Waals surface area contributed by atoms with Gasteiger partial charge in [-0.05, 0) is 48.9 Å². The highest BCUT2D eigenvalue weighted by Crippen LogP contribution is 2.47. The maximum Gasteiger partial charge on any atom is 0.343 e. The van der Waals surface area contributed by atoms with Crippen LogP contribution in [-0.2, 0) is 34.7 Å². The average Bonchev–Trinajstić information content (AvgIpc) is 3.23. The van der Waals surface area contributed by atoms with E-state index in [2.05, 4.69) is 0 Å². The molecule has 3 atom stereocenters. The Morgan fingerprint density at radius 2 is 2.09 bits per heavy atom. The first-order valence-corrected chi connectivity index (χ1v) is 11.9. The van der Waals surface area contributed by atoms with E-state index < -0.39 is 17.6 Å². The lowest BCUT2D eigenvalue weighted by Gasteiger charge is -2.32. The normalized spacial score (nSPS) is 23.0. The summed E-state index contributed by atoms with van der Waals surface area (Å²) in [7, 11) is 0. The summed E-state index contributed by atoms with van der Waals surface area (Å²) in [6.07, 6.45) is 1.31. The fourth-order valence-corrected chi connectivity index (χ4v) is 6.15. The Balaban J connectivity index is 1.69. The lowest BCUT2D eigenvalue weighted by Crippen LogP contribution is -2.44. The van der Waals surface area contributed by atoms with E-state index in [1.165, 1.54) is 6.07 Å². The quantitative estimate of drug-likeness (QED) is 0.383. The number of rotatable bonds is 3. The second kappa shape index (κ2) is 7.43. The first-order valence-electron chi connectivity index (χ1n) is 11.9. The third-order valence-electron chi connectivity index (χ3n) is 8.15. The van der Waals surface area contributed by atoms with E-state index in [0.717, 1.165) is 22.1 Å². The molecular weight excluding hydrogens is 453 g/mol. The first kappa shape index (κ1) is 22.3. The van der Waals surface area contributed by atoms with Gasteiger partial charge in [-0.1, -0.05) is 6.92 Å². The number of aromatic nitrogens is 2. The Kier molecular flexibility index (Phi) is 4.74. The molecule has 4 N–H and O–H groups in total. The predicted molar refractivity (Wildman–Crippen MR) is 125 cm³/mol. The van der Waals surface area contributed by atoms with Crippen molar-refractivity contribution < 1.29 is 24.1 Å². The number of aliphatic hydroxyl groups excluding tert-OH is 1. The number of ether oxygens (including phenoxy) is 1. The molecule has 3 aromatic rings. The molecule has 0 saturated heterocycles. The largest absolute Gasteiger partial charge is 0.458 e. The van der Waals surface area contributed by atoms with Crippen molar-refractivity contribution in [2.45, 2.75) is 63.8 Å². The van der Waals surface area contributed by atoms with E-state index >= 15 is 0 Å². The van der Waals surface area contributed by atoms with Crippen molar-refractivity contribution in [3.8, 4) is 11.4 Å². The van der Waals surface area contributed by atoms with Gasteiger partial charge < -0.3 is 25.3 Å². The molecule has 0 saturated carbocycles. The van der Waals surface area contributed by atoms with Gasteiger partial charge in [-0.3, -0.25) is 4.79 Å². The Labute approximate surface area is 200 Å². The molecule has 6 rings (SSSR count). The van der Waals surface area contributed by atoms with Gasteiger partial charge in [0.15, 0.2) is 5.60 Å². The zero-order chi connectivity index (χ0) is 24.8. The summed E-state index contributed by atoms with van der Waals surface area (Å²) in [4.78, 5) is 30.8. The Morgan fingerprint density at radius 3 is 2.80 bits per heavy atom. The number of cyclic esters (lactones) is 1. The number of esters is 1. The number of aryl methyl sites for hydroxylation is 1. The van der Waals surface area contributed by atoms with E-state index in [9.17, 15) is 24.2 Å². The van der Waals surface area contributed by atoms with Crippen LogP contribution in [0, 0.1) is 12.7 Å². The first-order chi connectivity index (χ1) is 16.7. The number of benzene rings is 1. The van der Waals surface area contributed by atoms with E-state index in [1.54, 1.807) is 24.5 Å². The zero-order valence-electron chi connectivity index (χ0n) is 19.5. The number of pyridine rings is 2. The van der Waals surface area contributed by atoms with Gasteiger partial charge in [-0.25, -0.2) is 14.2 Å². The summed E-state index contributed by atoms with van der Waals surface area (Å²) >= 11 is 0. The number of hydrogen-bond donors (Lipinski definition) is 3. The van der Waals surface area contributed by atoms with Crippen molar-refractivity contribution in [1.82, 2.24) is 9.55 Å². The third-order valence-corrected chi connectivity index (χ3v) is 8.15. The van der Waals surface area contributed by atoms with E-state index in [0.29, 0.717) is 35.3 Å². The van der Waals surface area contributed by atoms with Crippen LogP contribution in [0.5, 0.6) is 0 Å². The highest BCUT2D eigenvalue weighted by atomic mass is 19.1. The van der Waals surface area contributed by atoms with Gasteiger partial charge in [0.05, 0.1) is 35.6 Å². The van der Waals surface area contributed by atoms with Crippen molar-refractivity contribution in [3.05, 3.63) is 61.7 Å². The van der Waals surface area contributed by atoms with Crippen molar-refractivity contribution in [2.24, 2.45) is 5.73 Å². The molecule has 8 nitrogen and oxygen atoms in total. The van der Waals surface area contributed by atoms with Crippen molar-refractivity contribution in [3.63, 3.8) is 0 Å². The molecule has 0 amide bonds. The second-order valence-corrected chi connectivity index (χ2v) is 9.80. The lowest BCUT2D eigenvalue weighted by molar-refractivity contribution is -0.172. The van der Waals surface area contributed by atoms with Gasteiger partial charge in [0, 0.05) is 34.5 Å². The van der Waals surface area contributed by atoms with Crippen LogP contribution in [0.15, 0.2) is 16.9 Å². The van der Waals surface area contributed by atoms with Gasteiger partial charge in [-0.15, -0.1) is 0 Å². The number of carbonyl (C=O) groups excluding carboxylic acids is 1. The van der Waals surface area contributed by atoms with Crippen LogP contribution in [0.2, 0.25) is 0 Å². The Morgan fingerprint density at radius 1 is 1.31 bits per heavy atom. The number of hydrogen-bond acceptors (Lipinski definition) is 7. The Hall–Kier alpha value is -3.14. The fraction of sp³-hybridized carbons (Fsp3) is 0.423. The maximum atomic E-state index is 14.9. The molecular formula is C26H26FN3O5. The van der Waals surface area contributed by atoms with Gasteiger partial charge in [0.1, 0.15) is 12.4 Å². The van der Waals surface area contributed by atoms with E-state index in [1.807, 2.05) is 0 Å². The average molecular weight is 480 g/mol. The highest BCUT2D eigenvalue weighted by Gasteiger charge is 2.46. The number of nitrogens with zero attached hydrogens (tertiary/aromatic N) is 2. The summed E-state index contributed by atoms with van der Waals surface area (Å²) in [5, 5.41) is 21.8. The van der Waals surface area contributed by atoms with Crippen LogP contribution in [0.1, 0.15) is 59.1 Å². The van der Waals surface area contributed by atoms with Crippen LogP contribution >= 0.6 is 0 Å². The number of carbonyl (C=O) groups is 1. The summed E-state index contributed by atoms with van der Waals surface area (Å²) in [5.74, 6) is -1.32. The summed E-state index contributed by atoms with van der Waals surface area (Å²) in [6, 6.07) is 2.53. The molecule has 0 fully saturated rings. The molecule has 0 radical (unpaired) electrons. The van der Waals surface area contributed by atoms with Gasteiger partial charge in [0.2, 0.25) is 0 Å². The standard InChI is InChI=1S/C26H26FN3O5/c1-3-26(34)16-6-20-23-14(8-30(20)24(32)15(16)10-35-25(26)33)21-13(18(28)9-31)5-4-12-11(2)17(27)7-19(29-23)22(12)21/h6-7,13,18,31,34H,3-5,8-10,28H2,1-2H3/t13-,18+,26-/m0/s1. The van der Waals surface area contributed by atoms with Gasteiger partial charge >= 0.3 is 5.97 Å². The minimum Gasteiger partial charge on any atom is -0.458 e. The summed E-state index contributed by atoms with van der Waals surface area (Å²) in [6.45, 7) is 3.23. The van der Waals surface area contributed by atoms with Crippen LogP contribution in [-0.4, -0.2) is 38.4 Å². The molecule has 1 aromatic carbocycles. The van der Waals surface area contributed by atoms with Crippen LogP contribution in [0.4, 0.5) is 4.39 Å². The molecule has 3 aliphatic rings. The van der Waals surface area contributed by atoms with Crippen molar-refractivity contribution in [2.75, 3.05) is 6.61 Å². The molecule has 4 heterocycles. The number of nitrogens with two attached hydrogens (primary N) is 1. The number of fused-ring (bicyclic) bond motifs is 5. The topological polar surface area (TPSA) is 128 Å². The minimum absolute atomic E-state index is 0.0479. The molecule has 2 aliphatic heterocycles. The lowest BCUT2D eigenvalue weighted by atomic mass is 9.75. The number of aliphatic hydroxyl groups is 2. The van der Waals surface area contributed by atoms with Gasteiger partial charge in [0.25, 0.3) is 5.56 Å². The fourth-order valence-electron chi connectivity index (χ4n) is 6.15. The summed E-state index contributed by atoms with van der Waals surface area (Å²) < 4.78 is 21.6. The smallest absolute Gasteiger partial charge is 0.343 e.